The van der Waals surface area contributed by atoms with Gasteiger partial charge in [0.25, 0.3) is 0 Å². The first-order chi connectivity index (χ1) is 18.1. The maximum atomic E-state index is 6.11. The van der Waals surface area contributed by atoms with Gasteiger partial charge in [-0.05, 0) is 78.4 Å². The number of nitrogens with one attached hydrogen (secondary N) is 1. The second kappa shape index (κ2) is 10.4. The van der Waals surface area contributed by atoms with Gasteiger partial charge in [-0.1, -0.05) is 82.2 Å². The average Bonchev–Trinajstić information content (AvgIpc) is 3.43. The van der Waals surface area contributed by atoms with Crippen molar-refractivity contribution in [2.75, 3.05) is 5.32 Å². The van der Waals surface area contributed by atoms with Crippen molar-refractivity contribution in [1.29, 1.82) is 0 Å². The first kappa shape index (κ1) is 23.7. The van der Waals surface area contributed by atoms with Crippen LogP contribution >= 0.6 is 15.9 Å². The van der Waals surface area contributed by atoms with Crippen LogP contribution in [-0.2, 0) is 6.61 Å². The van der Waals surface area contributed by atoms with Crippen LogP contribution in [0.1, 0.15) is 46.2 Å². The summed E-state index contributed by atoms with van der Waals surface area (Å²) in [6, 6.07) is 31.9. The molecule has 3 atom stereocenters. The molecule has 0 amide bonds. The molecule has 0 saturated carbocycles. The molecule has 1 N–H and O–H groups in total. The van der Waals surface area contributed by atoms with Crippen LogP contribution in [0, 0.1) is 12.8 Å². The number of fused-ring (bicyclic) bond motifs is 3. The number of para-hydroxylation sites is 1. The summed E-state index contributed by atoms with van der Waals surface area (Å²) in [7, 11) is 0. The van der Waals surface area contributed by atoms with Crippen molar-refractivity contribution in [3.05, 3.63) is 135 Å². The van der Waals surface area contributed by atoms with E-state index in [-0.39, 0.29) is 0 Å². The summed E-state index contributed by atoms with van der Waals surface area (Å²) in [5, 5.41) is 3.83. The smallest absolute Gasteiger partial charge is 0.128 e. The lowest BCUT2D eigenvalue weighted by Gasteiger charge is -2.37. The van der Waals surface area contributed by atoms with E-state index >= 15 is 0 Å². The third-order valence-corrected chi connectivity index (χ3v) is 7.88. The van der Waals surface area contributed by atoms with Crippen molar-refractivity contribution in [2.45, 2.75) is 31.9 Å². The molecular weight excluding hydrogens is 520 g/mol. The summed E-state index contributed by atoms with van der Waals surface area (Å²) in [6.45, 7) is 2.69. The molecule has 1 aliphatic heterocycles. The van der Waals surface area contributed by atoms with Crippen LogP contribution in [-0.4, -0.2) is 6.21 Å². The molecule has 1 heterocycles. The van der Waals surface area contributed by atoms with Crippen LogP contribution < -0.4 is 10.1 Å². The van der Waals surface area contributed by atoms with Crippen LogP contribution in [0.2, 0.25) is 0 Å². The van der Waals surface area contributed by atoms with E-state index in [9.17, 15) is 0 Å². The Kier molecular flexibility index (Phi) is 6.67. The predicted molar refractivity (Wildman–Crippen MR) is 156 cm³/mol. The second-order valence-corrected chi connectivity index (χ2v) is 10.8. The zero-order chi connectivity index (χ0) is 25.2. The van der Waals surface area contributed by atoms with Gasteiger partial charge in [0.15, 0.2) is 0 Å². The van der Waals surface area contributed by atoms with Crippen LogP contribution in [0.5, 0.6) is 5.75 Å². The van der Waals surface area contributed by atoms with E-state index in [2.05, 4.69) is 94.9 Å². The van der Waals surface area contributed by atoms with Gasteiger partial charge in [0, 0.05) is 27.9 Å². The van der Waals surface area contributed by atoms with Crippen LogP contribution in [0.25, 0.3) is 0 Å². The number of rotatable bonds is 6. The summed E-state index contributed by atoms with van der Waals surface area (Å²) in [4.78, 5) is 4.76. The molecule has 0 saturated heterocycles. The third kappa shape index (κ3) is 5.12. The van der Waals surface area contributed by atoms with Gasteiger partial charge in [-0.3, -0.25) is 4.99 Å². The molecule has 0 spiro atoms. The highest BCUT2D eigenvalue weighted by molar-refractivity contribution is 9.10. The summed E-state index contributed by atoms with van der Waals surface area (Å²) in [5.74, 6) is 1.84. The fraction of sp³-hybridized carbons (Fsp3) is 0.182. The van der Waals surface area contributed by atoms with Crippen molar-refractivity contribution in [1.82, 2.24) is 0 Å². The summed E-state index contributed by atoms with van der Waals surface area (Å²) in [6.07, 6.45) is 7.73. The molecule has 0 bridgehead atoms. The molecule has 4 aromatic rings. The monoisotopic (exact) mass is 548 g/mol. The lowest BCUT2D eigenvalue weighted by molar-refractivity contribution is 0.306. The highest BCUT2D eigenvalue weighted by atomic mass is 79.9. The fourth-order valence-electron chi connectivity index (χ4n) is 5.42. The number of ether oxygens (including phenoxy) is 1. The number of halogens is 1. The molecule has 0 unspecified atom stereocenters. The van der Waals surface area contributed by atoms with Crippen molar-refractivity contribution in [3.8, 4) is 5.75 Å². The van der Waals surface area contributed by atoms with Gasteiger partial charge in [0.1, 0.15) is 12.4 Å². The number of hydrogen-bond acceptors (Lipinski definition) is 3. The number of allylic oxidation sites excluding steroid dienone is 2. The Morgan fingerprint density at radius 1 is 0.973 bits per heavy atom. The number of benzene rings is 4. The lowest BCUT2D eigenvalue weighted by Crippen LogP contribution is -2.29. The standard InChI is InChI=1S/C33H29BrN2O/c1-22-9-18-31-30(19-22)28-6-4-7-29(28)33(36-31)24-12-16-27(17-13-24)35-20-25-5-2-3-8-32(25)37-21-23-10-14-26(34)15-11-23/h2-6,8-20,28-29,33,36H,7,21H2,1H3/t28-,29+,33+/m1/s1. The lowest BCUT2D eigenvalue weighted by atomic mass is 9.76. The SMILES string of the molecule is Cc1ccc2c(c1)[C@@H]1C=CC[C@@H]1[C@H](c1ccc(N=Cc3ccccc3OCc3ccc(Br)cc3)cc1)N2. The van der Waals surface area contributed by atoms with Gasteiger partial charge in [0.2, 0.25) is 0 Å². The first-order valence-electron chi connectivity index (χ1n) is 12.8. The van der Waals surface area contributed by atoms with Gasteiger partial charge < -0.3 is 10.1 Å². The van der Waals surface area contributed by atoms with E-state index < -0.39 is 0 Å². The van der Waals surface area contributed by atoms with E-state index in [1.807, 2.05) is 42.6 Å². The maximum Gasteiger partial charge on any atom is 0.128 e. The quantitative estimate of drug-likeness (QED) is 0.192. The predicted octanol–water partition coefficient (Wildman–Crippen LogP) is 8.91. The zero-order valence-corrected chi connectivity index (χ0v) is 22.4. The zero-order valence-electron chi connectivity index (χ0n) is 20.8. The molecule has 4 aromatic carbocycles. The number of anilines is 1. The molecule has 3 nitrogen and oxygen atoms in total. The second-order valence-electron chi connectivity index (χ2n) is 9.87. The van der Waals surface area contributed by atoms with Gasteiger partial charge in [-0.15, -0.1) is 0 Å². The van der Waals surface area contributed by atoms with Crippen molar-refractivity contribution < 1.29 is 4.74 Å². The van der Waals surface area contributed by atoms with E-state index in [1.165, 1.54) is 22.4 Å². The summed E-state index contributed by atoms with van der Waals surface area (Å²) >= 11 is 3.48. The Morgan fingerprint density at radius 2 is 1.78 bits per heavy atom. The summed E-state index contributed by atoms with van der Waals surface area (Å²) < 4.78 is 7.17. The Balaban J connectivity index is 1.17. The Labute approximate surface area is 227 Å². The highest BCUT2D eigenvalue weighted by Crippen LogP contribution is 2.50. The van der Waals surface area contributed by atoms with Gasteiger partial charge in [-0.25, -0.2) is 0 Å². The molecule has 184 valence electrons. The van der Waals surface area contributed by atoms with Gasteiger partial charge >= 0.3 is 0 Å². The minimum atomic E-state index is 0.293. The largest absolute Gasteiger partial charge is 0.488 e. The molecular formula is C33H29BrN2O. The third-order valence-electron chi connectivity index (χ3n) is 7.35. The van der Waals surface area contributed by atoms with Crippen LogP contribution in [0.3, 0.4) is 0 Å². The topological polar surface area (TPSA) is 33.6 Å². The van der Waals surface area contributed by atoms with Crippen LogP contribution in [0.4, 0.5) is 11.4 Å². The minimum Gasteiger partial charge on any atom is -0.488 e. The number of hydrogen-bond donors (Lipinski definition) is 1. The Hall–Kier alpha value is -3.63. The summed E-state index contributed by atoms with van der Waals surface area (Å²) in [5.41, 5.74) is 8.33. The van der Waals surface area contributed by atoms with Gasteiger partial charge in [-0.2, -0.15) is 0 Å². The molecule has 1 aliphatic carbocycles. The molecule has 2 aliphatic rings. The van der Waals surface area contributed by atoms with E-state index in [1.54, 1.807) is 0 Å². The average molecular weight is 550 g/mol. The Morgan fingerprint density at radius 3 is 2.62 bits per heavy atom. The number of aliphatic imine (C=N–C) groups is 1. The van der Waals surface area contributed by atoms with E-state index in [0.717, 1.165) is 33.5 Å². The molecule has 0 fully saturated rings. The van der Waals surface area contributed by atoms with Gasteiger partial charge in [0.05, 0.1) is 11.7 Å². The van der Waals surface area contributed by atoms with Crippen molar-refractivity contribution in [2.24, 2.45) is 10.9 Å². The first-order valence-corrected chi connectivity index (χ1v) is 13.6. The normalized spacial score (nSPS) is 19.9. The van der Waals surface area contributed by atoms with Crippen molar-refractivity contribution >= 4 is 33.5 Å². The fourth-order valence-corrected chi connectivity index (χ4v) is 5.68. The van der Waals surface area contributed by atoms with Crippen LogP contribution in [0.15, 0.2) is 113 Å². The minimum absolute atomic E-state index is 0.293. The van der Waals surface area contributed by atoms with E-state index in [0.29, 0.717) is 24.5 Å². The molecule has 37 heavy (non-hydrogen) atoms. The molecule has 0 radical (unpaired) electrons. The number of aryl methyl sites for hydroxylation is 1. The van der Waals surface area contributed by atoms with E-state index in [4.69, 9.17) is 9.73 Å². The van der Waals surface area contributed by atoms with Crippen molar-refractivity contribution in [3.63, 3.8) is 0 Å². The number of nitrogens with zero attached hydrogens (tertiary/aromatic N) is 1. The molecule has 4 heteroatoms. The highest BCUT2D eigenvalue weighted by Gasteiger charge is 2.37. The maximum absolute atomic E-state index is 6.11. The Bertz CT molecular complexity index is 1460. The molecule has 0 aromatic heterocycles. The molecule has 6 rings (SSSR count).